The number of nitro groups is 2. The number of hydrogen-bond acceptors (Lipinski definition) is 10. The first kappa shape index (κ1) is 41.3. The molecule has 2 heterocycles. The van der Waals surface area contributed by atoms with Crippen LogP contribution in [0.3, 0.4) is 0 Å². The van der Waals surface area contributed by atoms with Gasteiger partial charge in [0.15, 0.2) is 0 Å². The van der Waals surface area contributed by atoms with Crippen LogP contribution in [0.5, 0.6) is 0 Å². The van der Waals surface area contributed by atoms with Crippen molar-refractivity contribution < 1.29 is 19.4 Å². The molecule has 298 valence electrons. The highest BCUT2D eigenvalue weighted by atomic mass is 35.5. The lowest BCUT2D eigenvalue weighted by Crippen LogP contribution is -2.17. The minimum atomic E-state index is -0.510. The van der Waals surface area contributed by atoms with Gasteiger partial charge in [-0.1, -0.05) is 94.9 Å². The molecule has 7 rings (SSSR count). The van der Waals surface area contributed by atoms with Gasteiger partial charge in [-0.2, -0.15) is 0 Å². The monoisotopic (exact) mass is 878 g/mol. The Hall–Kier alpha value is -6.84. The van der Waals surface area contributed by atoms with Gasteiger partial charge < -0.3 is 0 Å². The molecule has 0 spiro atoms. The lowest BCUT2D eigenvalue weighted by molar-refractivity contribution is -0.385. The van der Waals surface area contributed by atoms with Crippen molar-refractivity contribution in [3.63, 3.8) is 0 Å². The van der Waals surface area contributed by atoms with Gasteiger partial charge >= 0.3 is 0 Å². The lowest BCUT2D eigenvalue weighted by atomic mass is 10.0. The summed E-state index contributed by atoms with van der Waals surface area (Å²) < 4.78 is 0. The number of aromatic nitrogens is 4. The number of carbonyl (C=O) groups excluding carboxylic acids is 2. The summed E-state index contributed by atoms with van der Waals surface area (Å²) in [6, 6.07) is 31.9. The van der Waals surface area contributed by atoms with Crippen molar-refractivity contribution in [1.29, 1.82) is 0 Å². The molecule has 0 saturated heterocycles. The predicted molar refractivity (Wildman–Crippen MR) is 230 cm³/mol. The van der Waals surface area contributed by atoms with Crippen molar-refractivity contribution in [3.8, 4) is 45.0 Å². The molecule has 0 fully saturated rings. The van der Waals surface area contributed by atoms with E-state index >= 15 is 0 Å². The lowest BCUT2D eigenvalue weighted by Gasteiger charge is -2.12. The van der Waals surface area contributed by atoms with Crippen molar-refractivity contribution in [2.45, 2.75) is 12.8 Å². The normalized spacial score (nSPS) is 10.9. The van der Waals surface area contributed by atoms with Crippen molar-refractivity contribution in [2.75, 3.05) is 10.6 Å². The van der Waals surface area contributed by atoms with E-state index in [4.69, 9.17) is 46.4 Å². The van der Waals surface area contributed by atoms with Gasteiger partial charge in [-0.25, -0.2) is 19.9 Å². The second kappa shape index (κ2) is 18.0. The number of non-ortho nitro benzene ring substituents is 2. The summed E-state index contributed by atoms with van der Waals surface area (Å²) in [6.07, 6.45) is -0.238. The highest BCUT2D eigenvalue weighted by Crippen LogP contribution is 2.32. The van der Waals surface area contributed by atoms with Crippen LogP contribution in [-0.4, -0.2) is 41.6 Å². The minimum Gasteiger partial charge on any atom is -0.294 e. The van der Waals surface area contributed by atoms with Gasteiger partial charge in [0.1, 0.15) is 0 Å². The summed E-state index contributed by atoms with van der Waals surface area (Å²) in [5.41, 5.74) is 4.61. The molecule has 0 aliphatic carbocycles. The molecular weight excluding hydrogens is 854 g/mol. The van der Waals surface area contributed by atoms with E-state index in [1.54, 1.807) is 97.1 Å². The zero-order valence-corrected chi connectivity index (χ0v) is 33.6. The number of nitrogens with one attached hydrogen (secondary N) is 2. The van der Waals surface area contributed by atoms with Crippen molar-refractivity contribution in [2.24, 2.45) is 0 Å². The number of hydrogen-bond donors (Lipinski definition) is 2. The van der Waals surface area contributed by atoms with Crippen LogP contribution >= 0.6 is 46.4 Å². The molecule has 2 aromatic heterocycles. The molecule has 0 atom stereocenters. The van der Waals surface area contributed by atoms with E-state index in [1.165, 1.54) is 24.3 Å². The van der Waals surface area contributed by atoms with Crippen molar-refractivity contribution in [1.82, 2.24) is 19.9 Å². The van der Waals surface area contributed by atoms with Gasteiger partial charge in [0.05, 0.1) is 65.6 Å². The maximum Gasteiger partial charge on any atom is 0.269 e. The third-order valence-corrected chi connectivity index (χ3v) is 10.7. The zero-order valence-electron chi connectivity index (χ0n) is 30.6. The Morgan fingerprint density at radius 1 is 0.483 bits per heavy atom. The Kier molecular flexibility index (Phi) is 12.4. The molecule has 0 aliphatic rings. The van der Waals surface area contributed by atoms with Gasteiger partial charge in [0.2, 0.25) is 23.7 Å². The molecule has 5 aromatic carbocycles. The number of amides is 2. The van der Waals surface area contributed by atoms with Gasteiger partial charge in [-0.3, -0.25) is 40.5 Å². The fraction of sp³-hybridized carbons (Fsp3) is 0.0476. The SMILES string of the molecule is O=C(Cc1cccc(Cl)c1Cl)Nc1nc(-c2ccc(-c3cc(-c4ccc([N+](=O)[O-])cc4)nc(NC(=O)Cc4cccc(Cl)c4Cl)n3)cc2)cc(-c2ccc([N+](=O)[O-])cc2)n1. The third kappa shape index (κ3) is 9.71. The number of benzene rings is 5. The molecule has 0 radical (unpaired) electrons. The molecular formula is C42H26Cl4N8O6. The fourth-order valence-electron chi connectivity index (χ4n) is 5.97. The second-order valence-electron chi connectivity index (χ2n) is 13.0. The average molecular weight is 881 g/mol. The molecule has 0 saturated carbocycles. The molecule has 2 N–H and O–H groups in total. The third-order valence-electron chi connectivity index (χ3n) is 8.94. The number of nitrogens with zero attached hydrogens (tertiary/aromatic N) is 6. The van der Waals surface area contributed by atoms with E-state index in [-0.39, 0.29) is 46.2 Å². The number of anilines is 2. The van der Waals surface area contributed by atoms with E-state index in [2.05, 4.69) is 30.6 Å². The van der Waals surface area contributed by atoms with Crippen LogP contribution in [0.25, 0.3) is 45.0 Å². The van der Waals surface area contributed by atoms with Crippen molar-refractivity contribution >= 4 is 81.5 Å². The van der Waals surface area contributed by atoms with Crippen LogP contribution in [-0.2, 0) is 22.4 Å². The Morgan fingerprint density at radius 3 is 1.08 bits per heavy atom. The second-order valence-corrected chi connectivity index (χ2v) is 14.6. The number of nitro benzene ring substituents is 2. The Morgan fingerprint density at radius 2 is 0.783 bits per heavy atom. The van der Waals surface area contributed by atoms with Gasteiger partial charge in [-0.05, 0) is 59.7 Å². The van der Waals surface area contributed by atoms with E-state index < -0.39 is 21.7 Å². The highest BCUT2D eigenvalue weighted by Gasteiger charge is 2.18. The summed E-state index contributed by atoms with van der Waals surface area (Å²) in [7, 11) is 0. The van der Waals surface area contributed by atoms with Crippen molar-refractivity contribution in [3.05, 3.63) is 173 Å². The van der Waals surface area contributed by atoms with Gasteiger partial charge in [0, 0.05) is 46.5 Å². The van der Waals surface area contributed by atoms with E-state index in [0.717, 1.165) is 0 Å². The summed E-state index contributed by atoms with van der Waals surface area (Å²) in [5, 5.41) is 29.2. The number of rotatable bonds is 12. The molecule has 14 nitrogen and oxygen atoms in total. The average Bonchev–Trinajstić information content (AvgIpc) is 3.24. The molecule has 7 aromatic rings. The zero-order chi connectivity index (χ0) is 42.5. The fourth-order valence-corrected chi connectivity index (χ4v) is 6.74. The highest BCUT2D eigenvalue weighted by molar-refractivity contribution is 6.43. The Balaban J connectivity index is 1.22. The first-order valence-corrected chi connectivity index (χ1v) is 19.2. The molecule has 2 amide bonds. The van der Waals surface area contributed by atoms with Crippen LogP contribution in [0, 0.1) is 20.2 Å². The molecule has 0 unspecified atom stereocenters. The number of halogens is 4. The maximum atomic E-state index is 13.2. The quantitative estimate of drug-likeness (QED) is 0.0880. The molecule has 0 aliphatic heterocycles. The topological polar surface area (TPSA) is 196 Å². The standard InChI is InChI=1S/C42H26Cl4N8O6/c43-31-5-1-3-27(39(31)45)19-37(55)51-41-47-33(21-35(49-41)25-11-15-29(16-12-25)53(57)58)23-7-9-24(10-8-23)34-22-36(26-13-17-30(18-14-26)54(59)60)50-42(48-34)52-38(56)20-28-4-2-6-32(44)40(28)46/h1-18,21-22H,19-20H2,(H,47,49,51,55)(H,48,50,52,56). The Labute approximate surface area is 360 Å². The molecule has 18 heteroatoms. The first-order valence-electron chi connectivity index (χ1n) is 17.7. The Bertz CT molecular complexity index is 2620. The summed E-state index contributed by atoms with van der Waals surface area (Å²) in [4.78, 5) is 66.4. The number of carbonyl (C=O) groups is 2. The summed E-state index contributed by atoms with van der Waals surface area (Å²) in [5.74, 6) is -0.993. The van der Waals surface area contributed by atoms with E-state index in [0.29, 0.717) is 66.2 Å². The van der Waals surface area contributed by atoms with E-state index in [9.17, 15) is 29.8 Å². The smallest absolute Gasteiger partial charge is 0.269 e. The van der Waals surface area contributed by atoms with Crippen LogP contribution in [0.15, 0.2) is 121 Å². The summed E-state index contributed by atoms with van der Waals surface area (Å²) >= 11 is 24.9. The maximum absolute atomic E-state index is 13.2. The van der Waals surface area contributed by atoms with Crippen LogP contribution < -0.4 is 10.6 Å². The largest absolute Gasteiger partial charge is 0.294 e. The van der Waals surface area contributed by atoms with Crippen LogP contribution in [0.2, 0.25) is 20.1 Å². The predicted octanol–water partition coefficient (Wildman–Crippen LogP) is 10.7. The molecule has 60 heavy (non-hydrogen) atoms. The minimum absolute atomic E-state index is 0.0314. The van der Waals surface area contributed by atoms with E-state index in [1.807, 2.05) is 0 Å². The first-order chi connectivity index (χ1) is 28.8. The van der Waals surface area contributed by atoms with Gasteiger partial charge in [-0.15, -0.1) is 0 Å². The summed E-state index contributed by atoms with van der Waals surface area (Å²) in [6.45, 7) is 0. The van der Waals surface area contributed by atoms with Crippen LogP contribution in [0.4, 0.5) is 23.3 Å². The molecule has 0 bridgehead atoms. The van der Waals surface area contributed by atoms with Crippen LogP contribution in [0.1, 0.15) is 11.1 Å². The van der Waals surface area contributed by atoms with Gasteiger partial charge in [0.25, 0.3) is 11.4 Å².